The summed E-state index contributed by atoms with van der Waals surface area (Å²) < 4.78 is 134. The summed E-state index contributed by atoms with van der Waals surface area (Å²) in [7, 11) is -19.2. The van der Waals surface area contributed by atoms with E-state index in [0.29, 0.717) is 0 Å². The second-order valence-electron chi connectivity index (χ2n) is 9.81. The standard InChI is InChI=1S/C28H24N4O12S4/c29-21-9-5-17(25(13-21)45(33,34)35)1-3-19-7-11-23(15-27(19)47(39,40)41)31-32-24-12-8-20(28(16-24)48(42,43)44)4-2-18-6-10-22(30)14-26(18)46(36,37)38/h1-16H,29-30H2,(H,33,34,35)(H,36,37,38)(H,39,40,41)(H,42,43,44)/b3-1+,4-2+,32-31?. The zero-order valence-electron chi connectivity index (χ0n) is 24.0. The van der Waals surface area contributed by atoms with Crippen molar-refractivity contribution in [2.75, 3.05) is 11.5 Å². The van der Waals surface area contributed by atoms with Gasteiger partial charge in [-0.25, -0.2) is 0 Å². The van der Waals surface area contributed by atoms with Crippen LogP contribution in [0.4, 0.5) is 22.7 Å². The van der Waals surface area contributed by atoms with Crippen molar-refractivity contribution in [1.82, 2.24) is 0 Å². The summed E-state index contributed by atoms with van der Waals surface area (Å²) in [5.74, 6) is 0. The third-order valence-electron chi connectivity index (χ3n) is 6.35. The molecule has 0 unspecified atom stereocenters. The molecular formula is C28H24N4O12S4. The van der Waals surface area contributed by atoms with E-state index < -0.39 is 60.1 Å². The van der Waals surface area contributed by atoms with Crippen LogP contribution in [-0.2, 0) is 40.5 Å². The van der Waals surface area contributed by atoms with Crippen molar-refractivity contribution in [2.45, 2.75) is 19.6 Å². The van der Waals surface area contributed by atoms with E-state index >= 15 is 0 Å². The van der Waals surface area contributed by atoms with E-state index in [-0.39, 0.29) is 45.0 Å². The first-order valence-electron chi connectivity index (χ1n) is 12.9. The highest BCUT2D eigenvalue weighted by atomic mass is 32.2. The van der Waals surface area contributed by atoms with Crippen LogP contribution in [0.15, 0.2) is 103 Å². The molecule has 0 aliphatic rings. The van der Waals surface area contributed by atoms with Gasteiger partial charge in [0.25, 0.3) is 40.5 Å². The van der Waals surface area contributed by atoms with Crippen LogP contribution in [0.1, 0.15) is 22.3 Å². The Balaban J connectivity index is 1.69. The summed E-state index contributed by atoms with van der Waals surface area (Å²) in [6.07, 6.45) is 4.63. The molecule has 16 nitrogen and oxygen atoms in total. The highest BCUT2D eigenvalue weighted by molar-refractivity contribution is 7.86. The summed E-state index contributed by atoms with van der Waals surface area (Å²) in [5, 5.41) is 7.72. The number of nitrogens with zero attached hydrogens (tertiary/aromatic N) is 2. The molecule has 4 aromatic carbocycles. The topological polar surface area (TPSA) is 294 Å². The van der Waals surface area contributed by atoms with Gasteiger partial charge in [-0.2, -0.15) is 43.9 Å². The molecule has 4 aromatic rings. The number of rotatable bonds is 10. The maximum absolute atomic E-state index is 12.2. The maximum atomic E-state index is 12.2. The van der Waals surface area contributed by atoms with Gasteiger partial charge >= 0.3 is 0 Å². The zero-order chi connectivity index (χ0) is 35.7. The lowest BCUT2D eigenvalue weighted by Crippen LogP contribution is -2.02. The molecule has 48 heavy (non-hydrogen) atoms. The number of hydrogen-bond acceptors (Lipinski definition) is 12. The Kier molecular flexibility index (Phi) is 10.0. The minimum atomic E-state index is -4.89. The molecule has 0 aromatic heterocycles. The van der Waals surface area contributed by atoms with Gasteiger partial charge in [0.15, 0.2) is 0 Å². The summed E-state index contributed by atoms with van der Waals surface area (Å²) in [5.41, 5.74) is 10.7. The quantitative estimate of drug-likeness (QED) is 0.0562. The molecule has 8 N–H and O–H groups in total. The fraction of sp³-hybridized carbons (Fsp3) is 0. The van der Waals surface area contributed by atoms with E-state index in [1.807, 2.05) is 0 Å². The molecule has 0 aliphatic heterocycles. The molecule has 0 saturated carbocycles. The molecule has 0 amide bonds. The molecule has 4 rings (SSSR count). The van der Waals surface area contributed by atoms with E-state index in [0.717, 1.165) is 48.6 Å². The van der Waals surface area contributed by atoms with Gasteiger partial charge < -0.3 is 11.5 Å². The van der Waals surface area contributed by atoms with Gasteiger partial charge in [0.05, 0.1) is 11.4 Å². The summed E-state index contributed by atoms with van der Waals surface area (Å²) in [6.45, 7) is 0. The van der Waals surface area contributed by atoms with E-state index in [9.17, 15) is 51.9 Å². The predicted octanol–water partition coefficient (Wildman–Crippen LogP) is 4.59. The van der Waals surface area contributed by atoms with Crippen molar-refractivity contribution in [3.63, 3.8) is 0 Å². The van der Waals surface area contributed by atoms with Crippen molar-refractivity contribution in [3.8, 4) is 0 Å². The van der Waals surface area contributed by atoms with Gasteiger partial charge in [0.1, 0.15) is 19.6 Å². The Morgan fingerprint density at radius 2 is 0.667 bits per heavy atom. The molecule has 0 saturated heterocycles. The van der Waals surface area contributed by atoms with Crippen molar-refractivity contribution in [3.05, 3.63) is 95.1 Å². The minimum Gasteiger partial charge on any atom is -0.399 e. The van der Waals surface area contributed by atoms with Crippen molar-refractivity contribution < 1.29 is 51.9 Å². The Hall–Kier alpha value is -4.80. The fourth-order valence-corrected chi connectivity index (χ4v) is 7.04. The first-order valence-corrected chi connectivity index (χ1v) is 18.6. The summed E-state index contributed by atoms with van der Waals surface area (Å²) in [4.78, 5) is -2.41. The SMILES string of the molecule is Nc1ccc(/C=C/c2ccc(N=Nc3ccc(/C=C/c4ccc(N)cc4S(=O)(=O)O)c(S(=O)(=O)O)c3)cc2S(=O)(=O)O)c(S(=O)(=O)O)c1. The third-order valence-corrected chi connectivity index (χ3v) is 9.98. The molecule has 252 valence electrons. The average molecular weight is 737 g/mol. The van der Waals surface area contributed by atoms with Crippen LogP contribution in [0.25, 0.3) is 24.3 Å². The molecule has 0 radical (unpaired) electrons. The van der Waals surface area contributed by atoms with E-state index in [4.69, 9.17) is 11.5 Å². The minimum absolute atomic E-state index is 0.0374. The van der Waals surface area contributed by atoms with Gasteiger partial charge in [-0.1, -0.05) is 48.6 Å². The van der Waals surface area contributed by atoms with Gasteiger partial charge in [-0.05, 0) is 70.8 Å². The Bertz CT molecular complexity index is 2300. The molecule has 0 heterocycles. The van der Waals surface area contributed by atoms with Gasteiger partial charge in [-0.3, -0.25) is 18.2 Å². The second-order valence-corrected chi connectivity index (χ2v) is 15.4. The summed E-state index contributed by atoms with van der Waals surface area (Å²) >= 11 is 0. The molecule has 0 atom stereocenters. The lowest BCUT2D eigenvalue weighted by Gasteiger charge is -2.07. The Morgan fingerprint density at radius 3 is 0.938 bits per heavy atom. The number of anilines is 2. The van der Waals surface area contributed by atoms with Crippen molar-refractivity contribution in [1.29, 1.82) is 0 Å². The first-order chi connectivity index (χ1) is 22.1. The van der Waals surface area contributed by atoms with Crippen molar-refractivity contribution >= 4 is 87.5 Å². The number of nitrogens with two attached hydrogens (primary N) is 2. The van der Waals surface area contributed by atoms with E-state index in [2.05, 4.69) is 10.2 Å². The lowest BCUT2D eigenvalue weighted by atomic mass is 10.1. The normalized spacial score (nSPS) is 13.2. The van der Waals surface area contributed by atoms with Crippen LogP contribution in [-0.4, -0.2) is 51.9 Å². The molecule has 0 bridgehead atoms. The van der Waals surface area contributed by atoms with E-state index in [1.165, 1.54) is 48.5 Å². The van der Waals surface area contributed by atoms with Gasteiger partial charge in [0.2, 0.25) is 0 Å². The second kappa shape index (κ2) is 13.4. The number of nitrogen functional groups attached to an aromatic ring is 2. The highest BCUT2D eigenvalue weighted by Gasteiger charge is 2.19. The molecular weight excluding hydrogens is 713 g/mol. The maximum Gasteiger partial charge on any atom is 0.295 e. The van der Waals surface area contributed by atoms with E-state index in [1.54, 1.807) is 0 Å². The Labute approximate surface area is 274 Å². The van der Waals surface area contributed by atoms with Crippen LogP contribution >= 0.6 is 0 Å². The van der Waals surface area contributed by atoms with Crippen LogP contribution < -0.4 is 11.5 Å². The van der Waals surface area contributed by atoms with Crippen LogP contribution in [0, 0.1) is 0 Å². The number of azo groups is 1. The highest BCUT2D eigenvalue weighted by Crippen LogP contribution is 2.30. The van der Waals surface area contributed by atoms with Gasteiger partial charge in [-0.15, -0.1) is 0 Å². The summed E-state index contributed by atoms with van der Waals surface area (Å²) in [6, 6.07) is 14.0. The molecule has 20 heteroatoms. The number of benzene rings is 4. The number of hydrogen-bond donors (Lipinski definition) is 6. The monoisotopic (exact) mass is 736 g/mol. The average Bonchev–Trinajstić information content (AvgIpc) is 2.97. The van der Waals surface area contributed by atoms with Gasteiger partial charge in [0, 0.05) is 11.4 Å². The predicted molar refractivity (Wildman–Crippen MR) is 176 cm³/mol. The Morgan fingerprint density at radius 1 is 0.417 bits per heavy atom. The van der Waals surface area contributed by atoms with Crippen molar-refractivity contribution in [2.24, 2.45) is 10.2 Å². The fourth-order valence-electron chi connectivity index (χ4n) is 4.19. The lowest BCUT2D eigenvalue weighted by molar-refractivity contribution is 0.480. The largest absolute Gasteiger partial charge is 0.399 e. The third kappa shape index (κ3) is 8.96. The zero-order valence-corrected chi connectivity index (χ0v) is 27.2. The molecule has 0 fully saturated rings. The molecule has 0 spiro atoms. The first kappa shape index (κ1) is 36.0. The van der Waals surface area contributed by atoms with Crippen LogP contribution in [0.5, 0.6) is 0 Å². The van der Waals surface area contributed by atoms with Crippen LogP contribution in [0.3, 0.4) is 0 Å². The smallest absolute Gasteiger partial charge is 0.295 e. The molecule has 0 aliphatic carbocycles. The van der Waals surface area contributed by atoms with Crippen LogP contribution in [0.2, 0.25) is 0 Å².